The lowest BCUT2D eigenvalue weighted by atomic mass is 10.1. The molecule has 1 unspecified atom stereocenters. The minimum absolute atomic E-state index is 0.328. The molecule has 4 nitrogen and oxygen atoms in total. The minimum atomic E-state index is -0.328. The van der Waals surface area contributed by atoms with Crippen molar-refractivity contribution in [2.24, 2.45) is 5.73 Å². The number of nitrogens with zero attached hydrogens (tertiary/aromatic N) is 1. The number of rotatable bonds is 4. The molecule has 94 valence electrons. The maximum Gasteiger partial charge on any atom is 0.125 e. The number of aromatic nitrogens is 1. The average Bonchev–Trinajstić information content (AvgIpc) is 2.41. The summed E-state index contributed by atoms with van der Waals surface area (Å²) in [5, 5.41) is 3.20. The molecule has 0 fully saturated rings. The molecule has 0 aliphatic heterocycles. The van der Waals surface area contributed by atoms with E-state index in [2.05, 4.69) is 10.3 Å². The summed E-state index contributed by atoms with van der Waals surface area (Å²) in [6, 6.07) is 11.6. The Morgan fingerprint density at radius 3 is 2.67 bits per heavy atom. The van der Waals surface area contributed by atoms with Gasteiger partial charge in [0.05, 0.1) is 19.0 Å². The lowest BCUT2D eigenvalue weighted by molar-refractivity contribution is 0.407. The fourth-order valence-electron chi connectivity index (χ4n) is 1.73. The molecule has 0 amide bonds. The fraction of sp³-hybridized carbons (Fsp3) is 0.214. The summed E-state index contributed by atoms with van der Waals surface area (Å²) in [6.45, 7) is 1.95. The Bertz CT molecular complexity index is 511. The van der Waals surface area contributed by atoms with Gasteiger partial charge in [-0.05, 0) is 25.1 Å². The Balaban J connectivity index is 2.16. The van der Waals surface area contributed by atoms with Gasteiger partial charge in [-0.1, -0.05) is 18.2 Å². The minimum Gasteiger partial charge on any atom is -0.496 e. The van der Waals surface area contributed by atoms with Crippen LogP contribution < -0.4 is 15.8 Å². The average molecular weight is 243 g/mol. The van der Waals surface area contributed by atoms with Gasteiger partial charge in [-0.3, -0.25) is 4.98 Å². The molecule has 1 aromatic carbocycles. The molecule has 2 rings (SSSR count). The molecule has 0 saturated heterocycles. The van der Waals surface area contributed by atoms with E-state index in [0.717, 1.165) is 22.7 Å². The predicted octanol–water partition coefficient (Wildman–Crippen LogP) is 2.47. The van der Waals surface area contributed by atoms with Crippen LogP contribution in [0.4, 0.5) is 5.69 Å². The Kier molecular flexibility index (Phi) is 3.79. The van der Waals surface area contributed by atoms with E-state index in [4.69, 9.17) is 10.5 Å². The first kappa shape index (κ1) is 12.4. The van der Waals surface area contributed by atoms with Crippen molar-refractivity contribution in [2.75, 3.05) is 12.4 Å². The smallest absolute Gasteiger partial charge is 0.125 e. The number of methoxy groups -OCH3 is 1. The summed E-state index contributed by atoms with van der Waals surface area (Å²) < 4.78 is 5.29. The van der Waals surface area contributed by atoms with Crippen LogP contribution >= 0.6 is 0 Å². The van der Waals surface area contributed by atoms with Crippen molar-refractivity contribution in [3.8, 4) is 5.75 Å². The van der Waals surface area contributed by atoms with Crippen LogP contribution in [0.2, 0.25) is 0 Å². The number of hydrogen-bond donors (Lipinski definition) is 2. The van der Waals surface area contributed by atoms with Gasteiger partial charge >= 0.3 is 0 Å². The number of hydrogen-bond acceptors (Lipinski definition) is 4. The zero-order chi connectivity index (χ0) is 13.0. The van der Waals surface area contributed by atoms with E-state index in [9.17, 15) is 0 Å². The molecular formula is C14H17N3O. The molecule has 0 aliphatic rings. The van der Waals surface area contributed by atoms with Crippen molar-refractivity contribution in [3.63, 3.8) is 0 Å². The van der Waals surface area contributed by atoms with Gasteiger partial charge in [0.15, 0.2) is 0 Å². The molecule has 3 N–H and O–H groups in total. The lowest BCUT2D eigenvalue weighted by Crippen LogP contribution is -2.20. The largest absolute Gasteiger partial charge is 0.496 e. The second-order valence-corrected chi connectivity index (χ2v) is 4.05. The highest BCUT2D eigenvalue weighted by Crippen LogP contribution is 2.24. The topological polar surface area (TPSA) is 60.2 Å². The molecule has 1 atom stereocenters. The molecule has 2 aromatic rings. The molecule has 0 saturated carbocycles. The van der Waals surface area contributed by atoms with Gasteiger partial charge in [-0.2, -0.15) is 0 Å². The summed E-state index contributed by atoms with van der Waals surface area (Å²) in [4.78, 5) is 4.22. The fourth-order valence-corrected chi connectivity index (χ4v) is 1.73. The van der Waals surface area contributed by atoms with Crippen molar-refractivity contribution in [1.82, 2.24) is 4.98 Å². The zero-order valence-electron chi connectivity index (χ0n) is 10.6. The third kappa shape index (κ3) is 2.78. The molecule has 0 spiro atoms. The SMILES string of the molecule is COc1ccccc1C(N)Nc1ccc(C)nc1. The standard InChI is InChI=1S/C14H17N3O/c1-10-7-8-11(9-16-10)17-14(15)12-5-3-4-6-13(12)18-2/h3-9,14,17H,15H2,1-2H3. The van der Waals surface area contributed by atoms with E-state index in [1.165, 1.54) is 0 Å². The molecule has 1 heterocycles. The lowest BCUT2D eigenvalue weighted by Gasteiger charge is -2.18. The number of ether oxygens (including phenoxy) is 1. The van der Waals surface area contributed by atoms with E-state index in [1.54, 1.807) is 13.3 Å². The molecular weight excluding hydrogens is 226 g/mol. The maximum atomic E-state index is 6.12. The zero-order valence-corrected chi connectivity index (χ0v) is 10.6. The van der Waals surface area contributed by atoms with E-state index >= 15 is 0 Å². The third-order valence-electron chi connectivity index (χ3n) is 2.71. The second-order valence-electron chi connectivity index (χ2n) is 4.05. The van der Waals surface area contributed by atoms with Crippen LogP contribution in [0.3, 0.4) is 0 Å². The molecule has 0 bridgehead atoms. The van der Waals surface area contributed by atoms with E-state index in [1.807, 2.05) is 43.3 Å². The van der Waals surface area contributed by atoms with Crippen molar-refractivity contribution >= 4 is 5.69 Å². The van der Waals surface area contributed by atoms with Gasteiger partial charge < -0.3 is 15.8 Å². The molecule has 0 radical (unpaired) electrons. The Morgan fingerprint density at radius 1 is 1.22 bits per heavy atom. The number of nitrogens with one attached hydrogen (secondary N) is 1. The highest BCUT2D eigenvalue weighted by Gasteiger charge is 2.10. The van der Waals surface area contributed by atoms with Crippen LogP contribution in [-0.2, 0) is 0 Å². The second kappa shape index (κ2) is 5.51. The summed E-state index contributed by atoms with van der Waals surface area (Å²) in [7, 11) is 1.64. The number of nitrogens with two attached hydrogens (primary N) is 1. The first-order chi connectivity index (χ1) is 8.70. The summed E-state index contributed by atoms with van der Waals surface area (Å²) in [5.74, 6) is 0.776. The van der Waals surface area contributed by atoms with Gasteiger partial charge in [0.2, 0.25) is 0 Å². The normalized spacial score (nSPS) is 11.9. The van der Waals surface area contributed by atoms with Crippen molar-refractivity contribution in [3.05, 3.63) is 53.9 Å². The third-order valence-corrected chi connectivity index (χ3v) is 2.71. The van der Waals surface area contributed by atoms with Crippen molar-refractivity contribution < 1.29 is 4.74 Å². The van der Waals surface area contributed by atoms with Crippen LogP contribution in [0.1, 0.15) is 17.4 Å². The monoisotopic (exact) mass is 243 g/mol. The van der Waals surface area contributed by atoms with Crippen LogP contribution in [-0.4, -0.2) is 12.1 Å². The first-order valence-corrected chi connectivity index (χ1v) is 5.78. The summed E-state index contributed by atoms with van der Waals surface area (Å²) in [5.41, 5.74) is 8.91. The number of benzene rings is 1. The van der Waals surface area contributed by atoms with Gasteiger partial charge in [0, 0.05) is 11.3 Å². The van der Waals surface area contributed by atoms with Gasteiger partial charge in [0.1, 0.15) is 11.9 Å². The van der Waals surface area contributed by atoms with Crippen LogP contribution in [0, 0.1) is 6.92 Å². The number of pyridine rings is 1. The van der Waals surface area contributed by atoms with Gasteiger partial charge in [-0.25, -0.2) is 0 Å². The molecule has 4 heteroatoms. The van der Waals surface area contributed by atoms with E-state index in [0.29, 0.717) is 0 Å². The van der Waals surface area contributed by atoms with Crippen LogP contribution in [0.5, 0.6) is 5.75 Å². The van der Waals surface area contributed by atoms with Crippen molar-refractivity contribution in [1.29, 1.82) is 0 Å². The van der Waals surface area contributed by atoms with Crippen LogP contribution in [0.15, 0.2) is 42.6 Å². The predicted molar refractivity (Wildman–Crippen MR) is 72.5 cm³/mol. The maximum absolute atomic E-state index is 6.12. The van der Waals surface area contributed by atoms with E-state index < -0.39 is 0 Å². The van der Waals surface area contributed by atoms with E-state index in [-0.39, 0.29) is 6.17 Å². The Labute approximate surface area is 107 Å². The quantitative estimate of drug-likeness (QED) is 0.810. The molecule has 18 heavy (non-hydrogen) atoms. The summed E-state index contributed by atoms with van der Waals surface area (Å²) in [6.07, 6.45) is 1.44. The highest BCUT2D eigenvalue weighted by atomic mass is 16.5. The van der Waals surface area contributed by atoms with Gasteiger partial charge in [0.25, 0.3) is 0 Å². The molecule has 0 aliphatic carbocycles. The number of aryl methyl sites for hydroxylation is 1. The summed E-state index contributed by atoms with van der Waals surface area (Å²) >= 11 is 0. The Morgan fingerprint density at radius 2 is 2.00 bits per heavy atom. The van der Waals surface area contributed by atoms with Gasteiger partial charge in [-0.15, -0.1) is 0 Å². The highest BCUT2D eigenvalue weighted by molar-refractivity contribution is 5.46. The van der Waals surface area contributed by atoms with Crippen molar-refractivity contribution in [2.45, 2.75) is 13.1 Å². The Hall–Kier alpha value is -2.07. The van der Waals surface area contributed by atoms with Crippen LogP contribution in [0.25, 0.3) is 0 Å². The number of anilines is 1. The molecule has 1 aromatic heterocycles. The first-order valence-electron chi connectivity index (χ1n) is 5.78. The number of para-hydroxylation sites is 1.